The number of furan rings is 1. The number of aryl methyl sites for hydroxylation is 1. The largest absolute Gasteiger partial charge is 0.457 e. The minimum atomic E-state index is -0.230. The average Bonchev–Trinajstić information content (AvgIpc) is 3.05. The average molecular weight is 397 g/mol. The van der Waals surface area contributed by atoms with Gasteiger partial charge < -0.3 is 15.5 Å². The predicted molar refractivity (Wildman–Crippen MR) is 105 cm³/mol. The Hall–Kier alpha value is -2.79. The normalized spacial score (nSPS) is 11.0. The minimum absolute atomic E-state index is 0.230. The number of carbonyl (C=O) groups is 1. The molecule has 0 saturated heterocycles. The number of rotatable bonds is 4. The standard InChI is InChI=1S/C20H17BrN2O2/c1-13-12-14(22)6-9-18(13)23-20(24)11-8-15-7-10-19(25-15)16-4-2-3-5-17(16)21/h2-12H,22H2,1H3,(H,23,24)/b11-8+. The molecule has 25 heavy (non-hydrogen) atoms. The summed E-state index contributed by atoms with van der Waals surface area (Å²) < 4.78 is 6.73. The molecule has 0 aliphatic carbocycles. The molecule has 0 unspecified atom stereocenters. The predicted octanol–water partition coefficient (Wildman–Crippen LogP) is 5.25. The molecule has 0 fully saturated rings. The van der Waals surface area contributed by atoms with E-state index in [0.29, 0.717) is 11.4 Å². The highest BCUT2D eigenvalue weighted by molar-refractivity contribution is 9.10. The van der Waals surface area contributed by atoms with Crippen molar-refractivity contribution in [3.8, 4) is 11.3 Å². The second-order valence-electron chi connectivity index (χ2n) is 5.58. The lowest BCUT2D eigenvalue weighted by atomic mass is 10.2. The van der Waals surface area contributed by atoms with Crippen LogP contribution in [0.15, 0.2) is 69.6 Å². The van der Waals surface area contributed by atoms with Gasteiger partial charge in [-0.05, 0) is 55.0 Å². The van der Waals surface area contributed by atoms with Crippen molar-refractivity contribution < 1.29 is 9.21 Å². The van der Waals surface area contributed by atoms with E-state index in [0.717, 1.165) is 27.0 Å². The van der Waals surface area contributed by atoms with Crippen LogP contribution in [0.4, 0.5) is 11.4 Å². The van der Waals surface area contributed by atoms with Crippen molar-refractivity contribution in [3.63, 3.8) is 0 Å². The number of amides is 1. The molecule has 4 nitrogen and oxygen atoms in total. The summed E-state index contributed by atoms with van der Waals surface area (Å²) in [5.41, 5.74) is 8.99. The van der Waals surface area contributed by atoms with E-state index in [1.807, 2.05) is 49.4 Å². The molecule has 1 aromatic heterocycles. The molecule has 0 radical (unpaired) electrons. The van der Waals surface area contributed by atoms with Crippen LogP contribution in [-0.4, -0.2) is 5.91 Å². The van der Waals surface area contributed by atoms with Crippen LogP contribution in [-0.2, 0) is 4.79 Å². The highest BCUT2D eigenvalue weighted by atomic mass is 79.9. The molecule has 1 heterocycles. The van der Waals surface area contributed by atoms with E-state index >= 15 is 0 Å². The quantitative estimate of drug-likeness (QED) is 0.467. The Morgan fingerprint density at radius 3 is 2.72 bits per heavy atom. The van der Waals surface area contributed by atoms with Crippen LogP contribution in [0.2, 0.25) is 0 Å². The Bertz CT molecular complexity index is 944. The highest BCUT2D eigenvalue weighted by Crippen LogP contribution is 2.29. The Morgan fingerprint density at radius 2 is 1.96 bits per heavy atom. The first-order valence-electron chi connectivity index (χ1n) is 7.73. The third-order valence-corrected chi connectivity index (χ3v) is 4.36. The fourth-order valence-electron chi connectivity index (χ4n) is 2.41. The number of nitrogens with one attached hydrogen (secondary N) is 1. The van der Waals surface area contributed by atoms with Crippen molar-refractivity contribution in [2.45, 2.75) is 6.92 Å². The first kappa shape index (κ1) is 17.0. The fourth-order valence-corrected chi connectivity index (χ4v) is 2.89. The van der Waals surface area contributed by atoms with Gasteiger partial charge in [-0.3, -0.25) is 4.79 Å². The van der Waals surface area contributed by atoms with Crippen molar-refractivity contribution in [3.05, 3.63) is 76.5 Å². The molecule has 3 aromatic rings. The van der Waals surface area contributed by atoms with E-state index < -0.39 is 0 Å². The maximum Gasteiger partial charge on any atom is 0.248 e. The molecular weight excluding hydrogens is 380 g/mol. The first-order chi connectivity index (χ1) is 12.0. The smallest absolute Gasteiger partial charge is 0.248 e. The lowest BCUT2D eigenvalue weighted by Gasteiger charge is -2.06. The van der Waals surface area contributed by atoms with Gasteiger partial charge in [0, 0.05) is 27.5 Å². The molecule has 3 rings (SSSR count). The van der Waals surface area contributed by atoms with E-state index in [4.69, 9.17) is 10.2 Å². The lowest BCUT2D eigenvalue weighted by Crippen LogP contribution is -2.09. The maximum absolute atomic E-state index is 12.1. The van der Waals surface area contributed by atoms with Gasteiger partial charge in [-0.2, -0.15) is 0 Å². The van der Waals surface area contributed by atoms with Crippen molar-refractivity contribution >= 4 is 39.3 Å². The second kappa shape index (κ2) is 7.40. The summed E-state index contributed by atoms with van der Waals surface area (Å²) in [4.78, 5) is 12.1. The number of halogens is 1. The van der Waals surface area contributed by atoms with Crippen LogP contribution >= 0.6 is 15.9 Å². The summed E-state index contributed by atoms with van der Waals surface area (Å²) in [5, 5.41) is 2.82. The molecule has 1 amide bonds. The number of carbonyl (C=O) groups excluding carboxylic acids is 1. The van der Waals surface area contributed by atoms with Crippen LogP contribution in [0, 0.1) is 6.92 Å². The van der Waals surface area contributed by atoms with Crippen molar-refractivity contribution in [1.29, 1.82) is 0 Å². The zero-order valence-electron chi connectivity index (χ0n) is 13.6. The zero-order chi connectivity index (χ0) is 17.8. The Balaban J connectivity index is 1.70. The minimum Gasteiger partial charge on any atom is -0.457 e. The molecule has 0 spiro atoms. The number of nitrogen functional groups attached to an aromatic ring is 1. The summed E-state index contributed by atoms with van der Waals surface area (Å²) in [6.07, 6.45) is 3.08. The van der Waals surface area contributed by atoms with Gasteiger partial charge in [0.15, 0.2) is 0 Å². The van der Waals surface area contributed by atoms with E-state index in [9.17, 15) is 4.79 Å². The summed E-state index contributed by atoms with van der Waals surface area (Å²) in [6.45, 7) is 1.90. The molecule has 5 heteroatoms. The molecule has 0 atom stereocenters. The molecule has 2 aromatic carbocycles. The van der Waals surface area contributed by atoms with Gasteiger partial charge in [0.25, 0.3) is 0 Å². The van der Waals surface area contributed by atoms with Gasteiger partial charge in [0.2, 0.25) is 5.91 Å². The first-order valence-corrected chi connectivity index (χ1v) is 8.52. The van der Waals surface area contributed by atoms with Gasteiger partial charge in [-0.15, -0.1) is 0 Å². The molecule has 0 aliphatic rings. The lowest BCUT2D eigenvalue weighted by molar-refractivity contribution is -0.111. The Kier molecular flexibility index (Phi) is 5.05. The van der Waals surface area contributed by atoms with Gasteiger partial charge >= 0.3 is 0 Å². The van der Waals surface area contributed by atoms with Crippen molar-refractivity contribution in [2.75, 3.05) is 11.1 Å². The summed E-state index contributed by atoms with van der Waals surface area (Å²) >= 11 is 3.50. The third-order valence-electron chi connectivity index (χ3n) is 3.67. The molecule has 0 saturated carbocycles. The van der Waals surface area contributed by atoms with Gasteiger partial charge in [0.05, 0.1) is 0 Å². The fraction of sp³-hybridized carbons (Fsp3) is 0.0500. The maximum atomic E-state index is 12.1. The van der Waals surface area contributed by atoms with Crippen molar-refractivity contribution in [2.24, 2.45) is 0 Å². The van der Waals surface area contributed by atoms with E-state index in [1.165, 1.54) is 6.08 Å². The Morgan fingerprint density at radius 1 is 1.16 bits per heavy atom. The topological polar surface area (TPSA) is 68.3 Å². The molecule has 126 valence electrons. The van der Waals surface area contributed by atoms with Gasteiger partial charge in [-0.1, -0.05) is 34.1 Å². The monoisotopic (exact) mass is 396 g/mol. The number of benzene rings is 2. The van der Waals surface area contributed by atoms with E-state index in [2.05, 4.69) is 21.2 Å². The number of hydrogen-bond donors (Lipinski definition) is 2. The summed E-state index contributed by atoms with van der Waals surface area (Å²) in [7, 11) is 0. The second-order valence-corrected chi connectivity index (χ2v) is 6.43. The van der Waals surface area contributed by atoms with Crippen LogP contribution in [0.25, 0.3) is 17.4 Å². The highest BCUT2D eigenvalue weighted by Gasteiger charge is 2.07. The SMILES string of the molecule is Cc1cc(N)ccc1NC(=O)/C=C/c1ccc(-c2ccccc2Br)o1. The zero-order valence-corrected chi connectivity index (χ0v) is 15.2. The van der Waals surface area contributed by atoms with Crippen LogP contribution in [0.1, 0.15) is 11.3 Å². The number of nitrogens with two attached hydrogens (primary N) is 1. The van der Waals surface area contributed by atoms with Crippen LogP contribution < -0.4 is 11.1 Å². The molecular formula is C20H17BrN2O2. The van der Waals surface area contributed by atoms with Gasteiger partial charge in [0.1, 0.15) is 11.5 Å². The number of anilines is 2. The van der Waals surface area contributed by atoms with E-state index in [1.54, 1.807) is 18.2 Å². The Labute approximate surface area is 154 Å². The van der Waals surface area contributed by atoms with Crippen LogP contribution in [0.3, 0.4) is 0 Å². The van der Waals surface area contributed by atoms with Crippen LogP contribution in [0.5, 0.6) is 0 Å². The molecule has 0 aliphatic heterocycles. The van der Waals surface area contributed by atoms with E-state index in [-0.39, 0.29) is 5.91 Å². The third kappa shape index (κ3) is 4.19. The molecule has 0 bridgehead atoms. The summed E-state index contributed by atoms with van der Waals surface area (Å²) in [6, 6.07) is 16.9. The van der Waals surface area contributed by atoms with Gasteiger partial charge in [-0.25, -0.2) is 0 Å². The molecule has 3 N–H and O–H groups in total. The van der Waals surface area contributed by atoms with Crippen molar-refractivity contribution in [1.82, 2.24) is 0 Å². The number of hydrogen-bond acceptors (Lipinski definition) is 3. The summed E-state index contributed by atoms with van der Waals surface area (Å²) in [5.74, 6) is 1.11.